The number of alkyl halides is 2. The zero-order chi connectivity index (χ0) is 14.4. The third-order valence-electron chi connectivity index (χ3n) is 4.32. The summed E-state index contributed by atoms with van der Waals surface area (Å²) in [6.45, 7) is 0.520. The molecule has 20 heavy (non-hydrogen) atoms. The van der Waals surface area contributed by atoms with Gasteiger partial charge >= 0.3 is 0 Å². The molecule has 2 fully saturated rings. The molecule has 1 unspecified atom stereocenters. The van der Waals surface area contributed by atoms with E-state index in [4.69, 9.17) is 11.6 Å². The van der Waals surface area contributed by atoms with Crippen LogP contribution in [0.2, 0.25) is 5.02 Å². The lowest BCUT2D eigenvalue weighted by atomic mass is 9.96. The second-order valence-electron chi connectivity index (χ2n) is 5.93. The van der Waals surface area contributed by atoms with Crippen LogP contribution in [0, 0.1) is 5.92 Å². The molecule has 2 saturated carbocycles. The Bertz CT molecular complexity index is 525. The van der Waals surface area contributed by atoms with Gasteiger partial charge < -0.3 is 5.32 Å². The maximum Gasteiger partial charge on any atom is 0.252 e. The second kappa shape index (κ2) is 4.69. The zero-order valence-electron chi connectivity index (χ0n) is 11.0. The number of amides is 1. The largest absolute Gasteiger partial charge is 0.355 e. The highest BCUT2D eigenvalue weighted by Gasteiger charge is 2.57. The Labute approximate surface area is 121 Å². The normalized spacial score (nSPS) is 25.1. The first kappa shape index (κ1) is 13.8. The van der Waals surface area contributed by atoms with Crippen LogP contribution < -0.4 is 5.32 Å². The number of rotatable bonds is 5. The van der Waals surface area contributed by atoms with Crippen LogP contribution in [0.15, 0.2) is 24.3 Å². The summed E-state index contributed by atoms with van der Waals surface area (Å²) < 4.78 is 25.5. The van der Waals surface area contributed by atoms with Crippen LogP contribution in [0.1, 0.15) is 31.2 Å². The minimum Gasteiger partial charge on any atom is -0.355 e. The Kier molecular flexibility index (Phi) is 3.24. The Morgan fingerprint density at radius 2 is 1.90 bits per heavy atom. The van der Waals surface area contributed by atoms with Crippen LogP contribution in [0.25, 0.3) is 0 Å². The van der Waals surface area contributed by atoms with Gasteiger partial charge in [0.2, 0.25) is 5.91 Å². The Balaban J connectivity index is 1.53. The summed E-state index contributed by atoms with van der Waals surface area (Å²) >= 11 is 5.86. The molecule has 0 aromatic heterocycles. The van der Waals surface area contributed by atoms with Crippen molar-refractivity contribution >= 4 is 17.5 Å². The van der Waals surface area contributed by atoms with Crippen molar-refractivity contribution in [1.82, 2.24) is 5.32 Å². The second-order valence-corrected chi connectivity index (χ2v) is 6.37. The first-order chi connectivity index (χ1) is 9.41. The summed E-state index contributed by atoms with van der Waals surface area (Å²) in [5, 5.41) is 3.49. The van der Waals surface area contributed by atoms with Gasteiger partial charge in [-0.1, -0.05) is 23.7 Å². The van der Waals surface area contributed by atoms with Gasteiger partial charge in [0.1, 0.15) is 0 Å². The van der Waals surface area contributed by atoms with Crippen molar-refractivity contribution in [3.8, 4) is 0 Å². The average molecular weight is 300 g/mol. The van der Waals surface area contributed by atoms with Crippen molar-refractivity contribution in [2.45, 2.75) is 37.0 Å². The van der Waals surface area contributed by atoms with Crippen molar-refractivity contribution in [1.29, 1.82) is 0 Å². The van der Waals surface area contributed by atoms with Crippen LogP contribution >= 0.6 is 11.6 Å². The van der Waals surface area contributed by atoms with Gasteiger partial charge in [-0.05, 0) is 30.5 Å². The number of halogens is 3. The van der Waals surface area contributed by atoms with E-state index >= 15 is 0 Å². The van der Waals surface area contributed by atoms with Gasteiger partial charge in [-0.2, -0.15) is 0 Å². The summed E-state index contributed by atoms with van der Waals surface area (Å²) in [4.78, 5) is 11.7. The van der Waals surface area contributed by atoms with Gasteiger partial charge in [0, 0.05) is 35.7 Å². The van der Waals surface area contributed by atoms with Gasteiger partial charge in [0.05, 0.1) is 0 Å². The van der Waals surface area contributed by atoms with E-state index < -0.39 is 11.8 Å². The van der Waals surface area contributed by atoms with Gasteiger partial charge in [0.25, 0.3) is 5.92 Å². The Morgan fingerprint density at radius 3 is 2.40 bits per heavy atom. The van der Waals surface area contributed by atoms with E-state index in [0.717, 1.165) is 18.4 Å². The first-order valence-electron chi connectivity index (χ1n) is 6.82. The number of benzene rings is 1. The molecule has 2 aliphatic rings. The Hall–Kier alpha value is -1.16. The van der Waals surface area contributed by atoms with E-state index in [-0.39, 0.29) is 24.2 Å². The summed E-state index contributed by atoms with van der Waals surface area (Å²) in [6.07, 6.45) is 1.80. The third-order valence-corrected chi connectivity index (χ3v) is 4.57. The molecule has 108 valence electrons. The number of carbonyl (C=O) groups excluding carboxylic acids is 1. The van der Waals surface area contributed by atoms with Crippen LogP contribution in [0.5, 0.6) is 0 Å². The molecule has 3 rings (SSSR count). The molecule has 0 heterocycles. The van der Waals surface area contributed by atoms with Crippen LogP contribution in [0.4, 0.5) is 8.78 Å². The van der Waals surface area contributed by atoms with Crippen LogP contribution in [0.3, 0.4) is 0 Å². The molecule has 5 heteroatoms. The van der Waals surface area contributed by atoms with E-state index in [9.17, 15) is 13.6 Å². The maximum atomic E-state index is 12.8. The minimum atomic E-state index is -2.62. The number of carbonyl (C=O) groups is 1. The van der Waals surface area contributed by atoms with Crippen LogP contribution in [-0.4, -0.2) is 18.4 Å². The lowest BCUT2D eigenvalue weighted by Crippen LogP contribution is -2.32. The van der Waals surface area contributed by atoms with Gasteiger partial charge in [-0.15, -0.1) is 0 Å². The molecule has 1 atom stereocenters. The molecule has 0 bridgehead atoms. The van der Waals surface area contributed by atoms with E-state index in [1.807, 2.05) is 24.3 Å². The fourth-order valence-corrected chi connectivity index (χ4v) is 2.70. The molecule has 0 saturated heterocycles. The van der Waals surface area contributed by atoms with E-state index in [0.29, 0.717) is 11.6 Å². The summed E-state index contributed by atoms with van der Waals surface area (Å²) in [6, 6.07) is 7.61. The number of nitrogens with one attached hydrogen (secondary N) is 1. The van der Waals surface area contributed by atoms with Gasteiger partial charge in [-0.25, -0.2) is 8.78 Å². The van der Waals surface area contributed by atoms with E-state index in [2.05, 4.69) is 5.32 Å². The molecule has 2 aliphatic carbocycles. The summed E-state index contributed by atoms with van der Waals surface area (Å²) in [7, 11) is 0. The molecule has 0 aliphatic heterocycles. The highest BCUT2D eigenvalue weighted by Crippen LogP contribution is 2.51. The lowest BCUT2D eigenvalue weighted by molar-refractivity contribution is -0.122. The molecule has 1 N–H and O–H groups in total. The smallest absolute Gasteiger partial charge is 0.252 e. The van der Waals surface area contributed by atoms with Crippen molar-refractivity contribution in [2.75, 3.05) is 6.54 Å². The molecule has 1 amide bonds. The predicted octanol–water partition coefficient (Wildman–Crippen LogP) is 3.53. The van der Waals surface area contributed by atoms with E-state index in [1.54, 1.807) is 0 Å². The van der Waals surface area contributed by atoms with E-state index in [1.165, 1.54) is 0 Å². The minimum absolute atomic E-state index is 0.0215. The molecular weight excluding hydrogens is 284 g/mol. The first-order valence-corrected chi connectivity index (χ1v) is 7.20. The van der Waals surface area contributed by atoms with Crippen molar-refractivity contribution in [3.05, 3.63) is 34.9 Å². The fraction of sp³-hybridized carbons (Fsp3) is 0.533. The van der Waals surface area contributed by atoms with Gasteiger partial charge in [0.15, 0.2) is 0 Å². The molecule has 0 spiro atoms. The van der Waals surface area contributed by atoms with Crippen molar-refractivity contribution in [2.24, 2.45) is 5.92 Å². The van der Waals surface area contributed by atoms with Crippen molar-refractivity contribution in [3.63, 3.8) is 0 Å². The quantitative estimate of drug-likeness (QED) is 0.885. The SMILES string of the molecule is O=C(CC1CC1(F)F)NCC1(c2ccc(Cl)cc2)CC1. The number of hydrogen-bond acceptors (Lipinski definition) is 1. The predicted molar refractivity (Wildman–Crippen MR) is 73.0 cm³/mol. The lowest BCUT2D eigenvalue weighted by Gasteiger charge is -2.16. The molecular formula is C15H16ClF2NO. The van der Waals surface area contributed by atoms with Gasteiger partial charge in [-0.3, -0.25) is 4.79 Å². The highest BCUT2D eigenvalue weighted by atomic mass is 35.5. The van der Waals surface area contributed by atoms with Crippen molar-refractivity contribution < 1.29 is 13.6 Å². The molecule has 1 aromatic rings. The Morgan fingerprint density at radius 1 is 1.30 bits per heavy atom. The van der Waals surface area contributed by atoms with Crippen LogP contribution in [-0.2, 0) is 10.2 Å². The average Bonchev–Trinajstić information content (AvgIpc) is 3.27. The zero-order valence-corrected chi connectivity index (χ0v) is 11.7. The molecule has 0 radical (unpaired) electrons. The monoisotopic (exact) mass is 299 g/mol. The molecule has 1 aromatic carbocycles. The standard InChI is InChI=1S/C15H16ClF2NO/c16-12-3-1-10(2-4-12)14(5-6-14)9-19-13(20)7-11-8-15(11,17)18/h1-4,11H,5-9H2,(H,19,20). The molecule has 2 nitrogen and oxygen atoms in total. The maximum absolute atomic E-state index is 12.8. The summed E-state index contributed by atoms with van der Waals surface area (Å²) in [5.41, 5.74) is 1.13. The topological polar surface area (TPSA) is 29.1 Å². The highest BCUT2D eigenvalue weighted by molar-refractivity contribution is 6.30. The third kappa shape index (κ3) is 2.80. The summed E-state index contributed by atoms with van der Waals surface area (Å²) in [5.74, 6) is -3.65. The number of hydrogen-bond donors (Lipinski definition) is 1. The fourth-order valence-electron chi connectivity index (χ4n) is 2.58.